The topological polar surface area (TPSA) is 72.5 Å². The maximum Gasteiger partial charge on any atom is 0.338 e. The van der Waals surface area contributed by atoms with Gasteiger partial charge in [-0.05, 0) is 18.2 Å². The van der Waals surface area contributed by atoms with Gasteiger partial charge >= 0.3 is 5.97 Å². The molecule has 0 saturated heterocycles. The van der Waals surface area contributed by atoms with Crippen LogP contribution >= 0.6 is 11.8 Å². The van der Waals surface area contributed by atoms with Crippen LogP contribution in [0.2, 0.25) is 0 Å². The summed E-state index contributed by atoms with van der Waals surface area (Å²) in [6, 6.07) is 4.97. The van der Waals surface area contributed by atoms with Gasteiger partial charge in [0.15, 0.2) is 12.4 Å². The van der Waals surface area contributed by atoms with Crippen LogP contribution in [0.5, 0.6) is 0 Å². The molecule has 0 saturated carbocycles. The molecule has 1 N–H and O–H groups in total. The second-order valence-corrected chi connectivity index (χ2v) is 6.81. The van der Waals surface area contributed by atoms with Gasteiger partial charge in [0.2, 0.25) is 5.91 Å². The SMILES string of the molecule is CC(C)(C)C(=O)COC(=O)c1ccc2c(c1)NC(=O)CS2. The highest BCUT2D eigenvalue weighted by Crippen LogP contribution is 2.32. The minimum absolute atomic E-state index is 0.0964. The van der Waals surface area contributed by atoms with Crippen LogP contribution in [0.3, 0.4) is 0 Å². The Balaban J connectivity index is 2.05. The molecule has 0 unspecified atom stereocenters. The maximum absolute atomic E-state index is 11.9. The lowest BCUT2D eigenvalue weighted by Gasteiger charge is -2.18. The number of hydrogen-bond acceptors (Lipinski definition) is 5. The normalized spacial score (nSPS) is 14.1. The van der Waals surface area contributed by atoms with E-state index >= 15 is 0 Å². The van der Waals surface area contributed by atoms with Crippen LogP contribution in [-0.2, 0) is 14.3 Å². The molecule has 5 nitrogen and oxygen atoms in total. The van der Waals surface area contributed by atoms with Gasteiger partial charge < -0.3 is 10.1 Å². The Morgan fingerprint density at radius 1 is 1.33 bits per heavy atom. The van der Waals surface area contributed by atoms with E-state index in [2.05, 4.69) is 5.32 Å². The average Bonchev–Trinajstić information content (AvgIpc) is 2.42. The zero-order valence-electron chi connectivity index (χ0n) is 12.2. The van der Waals surface area contributed by atoms with Crippen molar-refractivity contribution >= 4 is 35.1 Å². The number of thioether (sulfide) groups is 1. The second-order valence-electron chi connectivity index (χ2n) is 5.80. The molecule has 0 radical (unpaired) electrons. The number of esters is 1. The standard InChI is InChI=1S/C15H17NO4S/c1-15(2,3)12(17)7-20-14(19)9-4-5-11-10(6-9)16-13(18)8-21-11/h4-6H,7-8H2,1-3H3,(H,16,18). The smallest absolute Gasteiger partial charge is 0.338 e. The average molecular weight is 307 g/mol. The van der Waals surface area contributed by atoms with Gasteiger partial charge in [0, 0.05) is 10.3 Å². The number of ketones is 1. The molecule has 2 rings (SSSR count). The predicted octanol–water partition coefficient (Wildman–Crippen LogP) is 2.50. The summed E-state index contributed by atoms with van der Waals surface area (Å²) < 4.78 is 5.03. The number of amides is 1. The van der Waals surface area contributed by atoms with E-state index in [0.717, 1.165) is 4.90 Å². The summed E-state index contributed by atoms with van der Waals surface area (Å²) in [6.07, 6.45) is 0. The van der Waals surface area contributed by atoms with Crippen molar-refractivity contribution < 1.29 is 19.1 Å². The zero-order chi connectivity index (χ0) is 15.6. The minimum atomic E-state index is -0.569. The molecule has 6 heteroatoms. The summed E-state index contributed by atoms with van der Waals surface area (Å²) in [7, 11) is 0. The van der Waals surface area contributed by atoms with E-state index in [1.54, 1.807) is 39.0 Å². The Hall–Kier alpha value is -1.82. The first-order valence-electron chi connectivity index (χ1n) is 6.54. The Bertz CT molecular complexity index is 604. The fraction of sp³-hybridized carbons (Fsp3) is 0.400. The Morgan fingerprint density at radius 3 is 2.71 bits per heavy atom. The van der Waals surface area contributed by atoms with Crippen molar-refractivity contribution in [3.63, 3.8) is 0 Å². The quantitative estimate of drug-likeness (QED) is 0.869. The molecular formula is C15H17NO4S. The first-order valence-corrected chi connectivity index (χ1v) is 7.53. The highest BCUT2D eigenvalue weighted by molar-refractivity contribution is 8.00. The molecule has 21 heavy (non-hydrogen) atoms. The molecule has 1 aliphatic heterocycles. The van der Waals surface area contributed by atoms with Crippen molar-refractivity contribution in [2.75, 3.05) is 17.7 Å². The van der Waals surface area contributed by atoms with E-state index < -0.39 is 11.4 Å². The number of benzene rings is 1. The summed E-state index contributed by atoms with van der Waals surface area (Å²) in [4.78, 5) is 35.9. The number of anilines is 1. The van der Waals surface area contributed by atoms with E-state index in [4.69, 9.17) is 4.74 Å². The molecule has 0 aromatic heterocycles. The molecule has 1 aromatic rings. The molecular weight excluding hydrogens is 290 g/mol. The third-order valence-corrected chi connectivity index (χ3v) is 4.09. The first-order chi connectivity index (χ1) is 9.77. The molecule has 0 aliphatic carbocycles. The van der Waals surface area contributed by atoms with Crippen LogP contribution in [0.1, 0.15) is 31.1 Å². The Morgan fingerprint density at radius 2 is 2.05 bits per heavy atom. The highest BCUT2D eigenvalue weighted by Gasteiger charge is 2.23. The molecule has 0 atom stereocenters. The van der Waals surface area contributed by atoms with Crippen molar-refractivity contribution in [1.29, 1.82) is 0 Å². The molecule has 1 aromatic carbocycles. The zero-order valence-corrected chi connectivity index (χ0v) is 13.0. The Labute approximate surface area is 127 Å². The molecule has 1 amide bonds. The molecule has 112 valence electrons. The van der Waals surface area contributed by atoms with Crippen LogP contribution in [0.25, 0.3) is 0 Å². The van der Waals surface area contributed by atoms with Crippen molar-refractivity contribution in [3.05, 3.63) is 23.8 Å². The van der Waals surface area contributed by atoms with E-state index in [1.165, 1.54) is 11.8 Å². The summed E-state index contributed by atoms with van der Waals surface area (Å²) in [5, 5.41) is 2.71. The van der Waals surface area contributed by atoms with Crippen LogP contribution in [0.4, 0.5) is 5.69 Å². The molecule has 0 fully saturated rings. The third kappa shape index (κ3) is 3.85. The van der Waals surface area contributed by atoms with E-state index in [-0.39, 0.29) is 18.3 Å². The van der Waals surface area contributed by atoms with Gasteiger partial charge in [-0.3, -0.25) is 9.59 Å². The van der Waals surface area contributed by atoms with Gasteiger partial charge in [0.1, 0.15) is 0 Å². The van der Waals surface area contributed by atoms with Gasteiger partial charge in [0.25, 0.3) is 0 Å². The fourth-order valence-corrected chi connectivity index (χ4v) is 2.43. The van der Waals surface area contributed by atoms with Gasteiger partial charge in [-0.15, -0.1) is 11.8 Å². The van der Waals surface area contributed by atoms with E-state index in [9.17, 15) is 14.4 Å². The number of nitrogens with one attached hydrogen (secondary N) is 1. The lowest BCUT2D eigenvalue weighted by Crippen LogP contribution is -2.26. The molecule has 1 aliphatic rings. The largest absolute Gasteiger partial charge is 0.454 e. The van der Waals surface area contributed by atoms with Gasteiger partial charge in [-0.25, -0.2) is 4.79 Å². The van der Waals surface area contributed by atoms with Crippen molar-refractivity contribution in [2.24, 2.45) is 5.41 Å². The lowest BCUT2D eigenvalue weighted by molar-refractivity contribution is -0.129. The van der Waals surface area contributed by atoms with Gasteiger partial charge in [-0.1, -0.05) is 20.8 Å². The van der Waals surface area contributed by atoms with Crippen LogP contribution < -0.4 is 5.32 Å². The number of Topliss-reactive ketones (excluding diaryl/α,β-unsaturated/α-hetero) is 1. The number of carbonyl (C=O) groups excluding carboxylic acids is 3. The number of fused-ring (bicyclic) bond motifs is 1. The van der Waals surface area contributed by atoms with Crippen molar-refractivity contribution in [3.8, 4) is 0 Å². The number of hydrogen-bond donors (Lipinski definition) is 1. The molecule has 1 heterocycles. The number of carbonyl (C=O) groups is 3. The predicted molar refractivity (Wildman–Crippen MR) is 80.5 cm³/mol. The fourth-order valence-electron chi connectivity index (χ4n) is 1.64. The highest BCUT2D eigenvalue weighted by atomic mass is 32.2. The molecule has 0 bridgehead atoms. The summed E-state index contributed by atoms with van der Waals surface area (Å²) in [5.74, 6) is -0.435. The lowest BCUT2D eigenvalue weighted by atomic mass is 9.91. The van der Waals surface area contributed by atoms with Crippen molar-refractivity contribution in [1.82, 2.24) is 0 Å². The van der Waals surface area contributed by atoms with Crippen LogP contribution in [0, 0.1) is 5.41 Å². The molecule has 0 spiro atoms. The maximum atomic E-state index is 11.9. The monoisotopic (exact) mass is 307 g/mol. The summed E-state index contributed by atoms with van der Waals surface area (Å²) in [6.45, 7) is 5.07. The number of ether oxygens (including phenoxy) is 1. The summed E-state index contributed by atoms with van der Waals surface area (Å²) >= 11 is 1.42. The van der Waals surface area contributed by atoms with E-state index in [0.29, 0.717) is 17.0 Å². The van der Waals surface area contributed by atoms with Crippen LogP contribution in [-0.4, -0.2) is 30.0 Å². The number of rotatable bonds is 3. The van der Waals surface area contributed by atoms with Gasteiger partial charge in [0.05, 0.1) is 17.0 Å². The van der Waals surface area contributed by atoms with E-state index in [1.807, 2.05) is 0 Å². The third-order valence-electron chi connectivity index (χ3n) is 3.02. The Kier molecular flexibility index (Phi) is 4.37. The first kappa shape index (κ1) is 15.6. The van der Waals surface area contributed by atoms with Gasteiger partial charge in [-0.2, -0.15) is 0 Å². The minimum Gasteiger partial charge on any atom is -0.454 e. The van der Waals surface area contributed by atoms with Crippen LogP contribution in [0.15, 0.2) is 23.1 Å². The second kappa shape index (κ2) is 5.89. The summed E-state index contributed by atoms with van der Waals surface area (Å²) in [5.41, 5.74) is 0.381. The van der Waals surface area contributed by atoms with Crippen molar-refractivity contribution in [2.45, 2.75) is 25.7 Å².